The third-order valence-corrected chi connectivity index (χ3v) is 5.16. The van der Waals surface area contributed by atoms with Gasteiger partial charge >= 0.3 is 0 Å². The molecule has 2 aromatic carbocycles. The van der Waals surface area contributed by atoms with Crippen LogP contribution in [0.15, 0.2) is 47.0 Å². The van der Waals surface area contributed by atoms with E-state index in [4.69, 9.17) is 14.0 Å². The molecule has 0 radical (unpaired) electrons. The maximum atomic E-state index is 13.5. The molecule has 1 saturated heterocycles. The van der Waals surface area contributed by atoms with E-state index >= 15 is 0 Å². The molecule has 1 amide bonds. The molecule has 0 saturated carbocycles. The molecule has 1 aromatic heterocycles. The summed E-state index contributed by atoms with van der Waals surface area (Å²) in [5, 5.41) is 3.83. The number of rotatable bonds is 3. The van der Waals surface area contributed by atoms with Crippen LogP contribution < -0.4 is 9.47 Å². The zero-order chi connectivity index (χ0) is 19.8. The summed E-state index contributed by atoms with van der Waals surface area (Å²) >= 11 is 0. The van der Waals surface area contributed by atoms with E-state index in [1.807, 2.05) is 18.2 Å². The molecule has 7 nitrogen and oxygen atoms in total. The summed E-state index contributed by atoms with van der Waals surface area (Å²) in [7, 11) is 0. The number of likely N-dealkylation sites (tertiary alicyclic amines) is 1. The van der Waals surface area contributed by atoms with E-state index in [-0.39, 0.29) is 23.7 Å². The van der Waals surface area contributed by atoms with Gasteiger partial charge in [-0.15, -0.1) is 0 Å². The van der Waals surface area contributed by atoms with Crippen molar-refractivity contribution in [2.45, 2.75) is 18.9 Å². The second-order valence-electron chi connectivity index (χ2n) is 6.96. The third-order valence-electron chi connectivity index (χ3n) is 5.16. The first-order chi connectivity index (χ1) is 14.2. The number of carbonyl (C=O) groups excluding carboxylic acids is 1. The normalized spacial score (nSPS) is 18.1. The lowest BCUT2D eigenvalue weighted by Gasteiger charge is -2.28. The molecule has 1 unspecified atom stereocenters. The molecule has 3 aromatic rings. The van der Waals surface area contributed by atoms with Crippen LogP contribution in [-0.2, 0) is 0 Å². The minimum absolute atomic E-state index is 0.0434. The highest BCUT2D eigenvalue weighted by Gasteiger charge is 2.35. The van der Waals surface area contributed by atoms with E-state index < -0.39 is 5.82 Å². The lowest BCUT2D eigenvalue weighted by molar-refractivity contribution is 0.0715. The summed E-state index contributed by atoms with van der Waals surface area (Å²) < 4.78 is 30.1. The number of para-hydroxylation sites is 1. The highest BCUT2D eigenvalue weighted by atomic mass is 19.1. The first-order valence-corrected chi connectivity index (χ1v) is 9.50. The molecular formula is C21H18FN3O4. The summed E-state index contributed by atoms with van der Waals surface area (Å²) in [6, 6.07) is 11.4. The van der Waals surface area contributed by atoms with E-state index in [0.717, 1.165) is 18.4 Å². The average Bonchev–Trinajstić information content (AvgIpc) is 3.43. The Morgan fingerprint density at radius 1 is 1.14 bits per heavy atom. The topological polar surface area (TPSA) is 77.7 Å². The predicted molar refractivity (Wildman–Crippen MR) is 100 cm³/mol. The molecular weight excluding hydrogens is 377 g/mol. The number of hydrogen-bond donors (Lipinski definition) is 0. The Morgan fingerprint density at radius 3 is 2.90 bits per heavy atom. The van der Waals surface area contributed by atoms with Gasteiger partial charge in [0.05, 0.1) is 6.04 Å². The van der Waals surface area contributed by atoms with Crippen LogP contribution in [0, 0.1) is 5.82 Å². The van der Waals surface area contributed by atoms with Crippen LogP contribution in [0.3, 0.4) is 0 Å². The van der Waals surface area contributed by atoms with Crippen molar-refractivity contribution >= 4 is 5.91 Å². The lowest BCUT2D eigenvalue weighted by atomic mass is 10.0. The van der Waals surface area contributed by atoms with Gasteiger partial charge in [0.1, 0.15) is 19.0 Å². The van der Waals surface area contributed by atoms with E-state index in [0.29, 0.717) is 36.8 Å². The van der Waals surface area contributed by atoms with Crippen molar-refractivity contribution in [2.24, 2.45) is 0 Å². The fraction of sp³-hybridized carbons (Fsp3) is 0.286. The second kappa shape index (κ2) is 7.20. The molecule has 29 heavy (non-hydrogen) atoms. The summed E-state index contributed by atoms with van der Waals surface area (Å²) in [5.74, 6) is 0.714. The zero-order valence-corrected chi connectivity index (χ0v) is 15.5. The molecule has 2 aliphatic rings. The second-order valence-corrected chi connectivity index (χ2v) is 6.96. The van der Waals surface area contributed by atoms with E-state index in [1.54, 1.807) is 17.0 Å². The molecule has 5 rings (SSSR count). The minimum atomic E-state index is -0.413. The molecule has 0 bridgehead atoms. The van der Waals surface area contributed by atoms with E-state index in [1.165, 1.54) is 12.1 Å². The molecule has 2 aliphatic heterocycles. The Morgan fingerprint density at radius 2 is 2.00 bits per heavy atom. The monoisotopic (exact) mass is 395 g/mol. The number of amides is 1. The van der Waals surface area contributed by atoms with Gasteiger partial charge in [-0.2, -0.15) is 4.98 Å². The molecule has 0 spiro atoms. The maximum absolute atomic E-state index is 13.5. The van der Waals surface area contributed by atoms with Crippen molar-refractivity contribution in [1.82, 2.24) is 15.0 Å². The van der Waals surface area contributed by atoms with Crippen LogP contribution in [0.25, 0.3) is 11.5 Å². The van der Waals surface area contributed by atoms with Gasteiger partial charge in [0.15, 0.2) is 11.5 Å². The van der Waals surface area contributed by atoms with Gasteiger partial charge in [0, 0.05) is 17.7 Å². The van der Waals surface area contributed by atoms with Gasteiger partial charge in [-0.3, -0.25) is 4.79 Å². The number of halogens is 1. The summed E-state index contributed by atoms with van der Waals surface area (Å²) in [4.78, 5) is 19.0. The van der Waals surface area contributed by atoms with E-state index in [2.05, 4.69) is 10.1 Å². The lowest BCUT2D eigenvalue weighted by Crippen LogP contribution is -2.32. The first-order valence-electron chi connectivity index (χ1n) is 9.50. The molecule has 1 atom stereocenters. The van der Waals surface area contributed by atoms with Crippen molar-refractivity contribution < 1.29 is 23.2 Å². The molecule has 148 valence electrons. The van der Waals surface area contributed by atoms with Crippen molar-refractivity contribution in [3.05, 3.63) is 59.7 Å². The molecule has 3 heterocycles. The number of carbonyl (C=O) groups is 1. The molecule has 0 N–H and O–H groups in total. The molecule has 8 heteroatoms. The Kier molecular flexibility index (Phi) is 4.38. The smallest absolute Gasteiger partial charge is 0.295 e. The first kappa shape index (κ1) is 17.7. The zero-order valence-electron chi connectivity index (χ0n) is 15.5. The van der Waals surface area contributed by atoms with Crippen molar-refractivity contribution in [3.63, 3.8) is 0 Å². The quantitative estimate of drug-likeness (QED) is 0.674. The van der Waals surface area contributed by atoms with Gasteiger partial charge in [-0.25, -0.2) is 4.39 Å². The minimum Gasteiger partial charge on any atom is -0.486 e. The van der Waals surface area contributed by atoms with Crippen molar-refractivity contribution in [3.8, 4) is 23.0 Å². The number of fused-ring (bicyclic) bond motifs is 1. The number of ether oxygens (including phenoxy) is 2. The van der Waals surface area contributed by atoms with Gasteiger partial charge < -0.3 is 18.9 Å². The van der Waals surface area contributed by atoms with E-state index in [9.17, 15) is 9.18 Å². The van der Waals surface area contributed by atoms with Crippen molar-refractivity contribution in [2.75, 3.05) is 19.8 Å². The number of hydrogen-bond acceptors (Lipinski definition) is 6. The van der Waals surface area contributed by atoms with Gasteiger partial charge in [0.25, 0.3) is 17.6 Å². The van der Waals surface area contributed by atoms with Gasteiger partial charge in [0.2, 0.25) is 0 Å². The summed E-state index contributed by atoms with van der Waals surface area (Å²) in [5.41, 5.74) is 1.35. The fourth-order valence-corrected chi connectivity index (χ4v) is 3.87. The third kappa shape index (κ3) is 3.20. The van der Waals surface area contributed by atoms with Gasteiger partial charge in [-0.1, -0.05) is 23.4 Å². The number of nitrogens with zero attached hydrogens (tertiary/aromatic N) is 3. The SMILES string of the molecule is O=C(c1noc(-c2cccc(F)c2)n1)N1CCCC1c1cccc2c1OCCO2. The van der Waals surface area contributed by atoms with Crippen LogP contribution in [0.1, 0.15) is 35.1 Å². The van der Waals surface area contributed by atoms with Crippen LogP contribution in [0.4, 0.5) is 4.39 Å². The Balaban J connectivity index is 1.43. The molecule has 1 fully saturated rings. The Labute approximate surface area is 166 Å². The highest BCUT2D eigenvalue weighted by Crippen LogP contribution is 2.43. The standard InChI is InChI=1S/C21H18FN3O4/c22-14-5-1-4-13(12-14)20-23-19(24-29-20)21(26)25-9-3-7-16(25)15-6-2-8-17-18(15)28-11-10-27-17/h1-2,4-6,8,12,16H,3,7,9-11H2. The fourth-order valence-electron chi connectivity index (χ4n) is 3.87. The Bertz CT molecular complexity index is 1070. The highest BCUT2D eigenvalue weighted by molar-refractivity contribution is 5.91. The van der Waals surface area contributed by atoms with Crippen LogP contribution in [0.2, 0.25) is 0 Å². The largest absolute Gasteiger partial charge is 0.486 e. The summed E-state index contributed by atoms with van der Waals surface area (Å²) in [6.07, 6.45) is 1.66. The average molecular weight is 395 g/mol. The molecule has 0 aliphatic carbocycles. The Hall–Kier alpha value is -3.42. The predicted octanol–water partition coefficient (Wildman–Crippen LogP) is 3.62. The number of aromatic nitrogens is 2. The maximum Gasteiger partial charge on any atom is 0.295 e. The number of benzene rings is 2. The van der Waals surface area contributed by atoms with Crippen LogP contribution >= 0.6 is 0 Å². The van der Waals surface area contributed by atoms with Crippen LogP contribution in [-0.4, -0.2) is 40.7 Å². The van der Waals surface area contributed by atoms with Crippen LogP contribution in [0.5, 0.6) is 11.5 Å². The summed E-state index contributed by atoms with van der Waals surface area (Å²) in [6.45, 7) is 1.57. The van der Waals surface area contributed by atoms with Gasteiger partial charge in [-0.05, 0) is 37.1 Å². The van der Waals surface area contributed by atoms with Crippen molar-refractivity contribution in [1.29, 1.82) is 0 Å².